The Hall–Kier alpha value is -2.55. The van der Waals surface area contributed by atoms with Crippen molar-refractivity contribution in [3.05, 3.63) is 35.2 Å². The number of nitrogens with two attached hydrogens (primary N) is 1. The first-order chi connectivity index (χ1) is 11.6. The fraction of sp³-hybridized carbons (Fsp3) is 0.375. The molecule has 0 unspecified atom stereocenters. The lowest BCUT2D eigenvalue weighted by molar-refractivity contribution is 0.0997. The van der Waals surface area contributed by atoms with Gasteiger partial charge < -0.3 is 10.5 Å². The number of methoxy groups -OCH3 is 1. The normalized spacial score (nSPS) is 11.6. The predicted octanol–water partition coefficient (Wildman–Crippen LogP) is 1.99. The van der Waals surface area contributed by atoms with E-state index in [9.17, 15) is 13.2 Å². The summed E-state index contributed by atoms with van der Waals surface area (Å²) in [5.74, 6) is -0.555. The number of hydrogen-bond acceptors (Lipinski definition) is 5. The zero-order chi connectivity index (χ0) is 18.9. The number of benzene rings is 1. The molecule has 1 aromatic heterocycles. The molecule has 0 saturated heterocycles. The molecule has 136 valence electrons. The zero-order valence-corrected chi connectivity index (χ0v) is 15.6. The molecule has 8 nitrogen and oxygen atoms in total. The van der Waals surface area contributed by atoms with Gasteiger partial charge in [-0.3, -0.25) is 14.2 Å². The van der Waals surface area contributed by atoms with Crippen LogP contribution in [0, 0.1) is 13.8 Å². The van der Waals surface area contributed by atoms with Crippen molar-refractivity contribution in [3.63, 3.8) is 0 Å². The van der Waals surface area contributed by atoms with E-state index in [4.69, 9.17) is 10.5 Å². The number of aryl methyl sites for hydroxylation is 1. The van der Waals surface area contributed by atoms with Crippen molar-refractivity contribution in [3.8, 4) is 5.75 Å². The molecular weight excluding hydrogens is 344 g/mol. The minimum absolute atomic E-state index is 0.00306. The summed E-state index contributed by atoms with van der Waals surface area (Å²) in [5.41, 5.74) is 6.99. The van der Waals surface area contributed by atoms with Gasteiger partial charge in [-0.15, -0.1) is 0 Å². The molecule has 0 aliphatic carbocycles. The fourth-order valence-electron chi connectivity index (χ4n) is 2.55. The van der Waals surface area contributed by atoms with Gasteiger partial charge in [0, 0.05) is 6.04 Å². The van der Waals surface area contributed by atoms with Crippen molar-refractivity contribution >= 4 is 21.6 Å². The molecule has 1 amide bonds. The highest BCUT2D eigenvalue weighted by molar-refractivity contribution is 7.92. The Morgan fingerprint density at radius 1 is 1.32 bits per heavy atom. The van der Waals surface area contributed by atoms with E-state index in [2.05, 4.69) is 9.82 Å². The summed E-state index contributed by atoms with van der Waals surface area (Å²) >= 11 is 0. The van der Waals surface area contributed by atoms with Crippen LogP contribution in [0.15, 0.2) is 23.1 Å². The average Bonchev–Trinajstić information content (AvgIpc) is 2.82. The van der Waals surface area contributed by atoms with Gasteiger partial charge in [0.15, 0.2) is 0 Å². The van der Waals surface area contributed by atoms with E-state index in [-0.39, 0.29) is 22.3 Å². The molecule has 2 rings (SSSR count). The molecule has 1 aromatic carbocycles. The second kappa shape index (κ2) is 6.75. The van der Waals surface area contributed by atoms with Gasteiger partial charge in [-0.2, -0.15) is 5.10 Å². The number of carbonyl (C=O) groups excluding carboxylic acids is 1. The molecule has 0 saturated carbocycles. The van der Waals surface area contributed by atoms with Gasteiger partial charge in [0.05, 0.1) is 34.6 Å². The Balaban J connectivity index is 2.47. The number of hydrogen-bond donors (Lipinski definition) is 2. The first kappa shape index (κ1) is 18.8. The van der Waals surface area contributed by atoms with Gasteiger partial charge in [0.1, 0.15) is 5.75 Å². The van der Waals surface area contributed by atoms with Crippen LogP contribution < -0.4 is 15.2 Å². The summed E-state index contributed by atoms with van der Waals surface area (Å²) in [4.78, 5) is 11.4. The summed E-state index contributed by atoms with van der Waals surface area (Å²) in [5, 5.41) is 4.36. The van der Waals surface area contributed by atoms with Crippen LogP contribution in [0.5, 0.6) is 5.75 Å². The smallest absolute Gasteiger partial charge is 0.262 e. The lowest BCUT2D eigenvalue weighted by Crippen LogP contribution is -2.17. The van der Waals surface area contributed by atoms with Crippen molar-refractivity contribution in [1.82, 2.24) is 9.78 Å². The Morgan fingerprint density at radius 3 is 2.44 bits per heavy atom. The number of carbonyl (C=O) groups is 1. The van der Waals surface area contributed by atoms with Crippen molar-refractivity contribution < 1.29 is 17.9 Å². The summed E-state index contributed by atoms with van der Waals surface area (Å²) in [6.07, 6.45) is 0. The van der Waals surface area contributed by atoms with Gasteiger partial charge >= 0.3 is 0 Å². The lowest BCUT2D eigenvalue weighted by Gasteiger charge is -2.12. The van der Waals surface area contributed by atoms with E-state index in [1.54, 1.807) is 18.5 Å². The third-order valence-corrected chi connectivity index (χ3v) is 5.14. The van der Waals surface area contributed by atoms with Crippen LogP contribution in [0.1, 0.15) is 41.6 Å². The van der Waals surface area contributed by atoms with Crippen LogP contribution in [0.2, 0.25) is 0 Å². The van der Waals surface area contributed by atoms with E-state index in [1.807, 2.05) is 13.8 Å². The van der Waals surface area contributed by atoms with E-state index in [0.29, 0.717) is 17.1 Å². The highest BCUT2D eigenvalue weighted by Crippen LogP contribution is 2.27. The average molecular weight is 366 g/mol. The summed E-state index contributed by atoms with van der Waals surface area (Å²) in [7, 11) is -2.54. The number of ether oxygens (including phenoxy) is 1. The quantitative estimate of drug-likeness (QED) is 0.811. The maximum Gasteiger partial charge on any atom is 0.262 e. The first-order valence-electron chi connectivity index (χ1n) is 7.64. The third-order valence-electron chi connectivity index (χ3n) is 3.80. The molecule has 0 atom stereocenters. The highest BCUT2D eigenvalue weighted by Gasteiger charge is 2.22. The zero-order valence-electron chi connectivity index (χ0n) is 14.8. The number of nitrogens with zero attached hydrogens (tertiary/aromatic N) is 2. The summed E-state index contributed by atoms with van der Waals surface area (Å²) < 4.78 is 34.8. The molecule has 3 N–H and O–H groups in total. The Labute approximate surface area is 147 Å². The summed E-state index contributed by atoms with van der Waals surface area (Å²) in [6.45, 7) is 7.44. The fourth-order valence-corrected chi connectivity index (χ4v) is 3.76. The lowest BCUT2D eigenvalue weighted by atomic mass is 10.2. The van der Waals surface area contributed by atoms with Crippen molar-refractivity contribution in [2.24, 2.45) is 5.73 Å². The van der Waals surface area contributed by atoms with E-state index < -0.39 is 15.9 Å². The molecule has 9 heteroatoms. The number of aromatic nitrogens is 2. The molecule has 0 aliphatic rings. The summed E-state index contributed by atoms with van der Waals surface area (Å²) in [6, 6.07) is 4.04. The standard InChI is InChI=1S/C16H22N4O4S/c1-9(2)20-11(4)15(10(3)18-20)19-25(22,23)12-6-7-14(24-5)13(8-12)16(17)21/h6-9,19H,1-5H3,(H2,17,21). The van der Waals surface area contributed by atoms with E-state index >= 15 is 0 Å². The molecule has 1 heterocycles. The molecule has 0 radical (unpaired) electrons. The topological polar surface area (TPSA) is 116 Å². The van der Waals surface area contributed by atoms with Gasteiger partial charge in [0.25, 0.3) is 15.9 Å². The van der Waals surface area contributed by atoms with Gasteiger partial charge in [-0.25, -0.2) is 8.42 Å². The van der Waals surface area contributed by atoms with E-state index in [0.717, 1.165) is 0 Å². The Bertz CT molecular complexity index is 916. The Morgan fingerprint density at radius 2 is 1.96 bits per heavy atom. The van der Waals surface area contributed by atoms with Gasteiger partial charge in [-0.1, -0.05) is 0 Å². The van der Waals surface area contributed by atoms with Crippen molar-refractivity contribution in [2.75, 3.05) is 11.8 Å². The number of sulfonamides is 1. The van der Waals surface area contributed by atoms with Crippen LogP contribution in [0.25, 0.3) is 0 Å². The molecule has 0 spiro atoms. The number of primary amides is 1. The molecule has 0 bridgehead atoms. The van der Waals surface area contributed by atoms with Gasteiger partial charge in [-0.05, 0) is 45.9 Å². The molecule has 0 aliphatic heterocycles. The molecular formula is C16H22N4O4S. The molecule has 2 aromatic rings. The molecule has 0 fully saturated rings. The predicted molar refractivity (Wildman–Crippen MR) is 94.4 cm³/mol. The maximum atomic E-state index is 12.7. The van der Waals surface area contributed by atoms with Crippen molar-refractivity contribution in [2.45, 2.75) is 38.6 Å². The van der Waals surface area contributed by atoms with Crippen LogP contribution >= 0.6 is 0 Å². The maximum absolute atomic E-state index is 12.7. The monoisotopic (exact) mass is 366 g/mol. The largest absolute Gasteiger partial charge is 0.496 e. The third kappa shape index (κ3) is 3.60. The number of anilines is 1. The minimum atomic E-state index is -3.92. The van der Waals surface area contributed by atoms with Crippen LogP contribution in [-0.4, -0.2) is 31.2 Å². The SMILES string of the molecule is COc1ccc(S(=O)(=O)Nc2c(C)nn(C(C)C)c2C)cc1C(N)=O. The second-order valence-electron chi connectivity index (χ2n) is 5.92. The van der Waals surface area contributed by atoms with Crippen molar-refractivity contribution in [1.29, 1.82) is 0 Å². The highest BCUT2D eigenvalue weighted by atomic mass is 32.2. The van der Waals surface area contributed by atoms with Crippen LogP contribution in [0.3, 0.4) is 0 Å². The number of amides is 1. The van der Waals surface area contributed by atoms with Crippen LogP contribution in [0.4, 0.5) is 5.69 Å². The van der Waals surface area contributed by atoms with Crippen LogP contribution in [-0.2, 0) is 10.0 Å². The minimum Gasteiger partial charge on any atom is -0.496 e. The second-order valence-corrected chi connectivity index (χ2v) is 7.60. The van der Waals surface area contributed by atoms with Gasteiger partial charge in [0.2, 0.25) is 0 Å². The van der Waals surface area contributed by atoms with E-state index in [1.165, 1.54) is 25.3 Å². The number of nitrogens with one attached hydrogen (secondary N) is 1. The Kier molecular flexibility index (Phi) is 5.07. The first-order valence-corrected chi connectivity index (χ1v) is 9.13. The number of rotatable bonds is 6. The molecule has 25 heavy (non-hydrogen) atoms.